The number of hydrogen-bond acceptors (Lipinski definition) is 3. The van der Waals surface area contributed by atoms with Crippen molar-refractivity contribution in [3.05, 3.63) is 58.4 Å². The molecule has 0 radical (unpaired) electrons. The number of amides is 1. The van der Waals surface area contributed by atoms with Gasteiger partial charge in [0, 0.05) is 12.5 Å². The molecule has 0 aliphatic rings. The van der Waals surface area contributed by atoms with Crippen LogP contribution >= 0.6 is 11.6 Å². The Balaban J connectivity index is 2.15. The molecule has 0 spiro atoms. The predicted octanol–water partition coefficient (Wildman–Crippen LogP) is 4.10. The van der Waals surface area contributed by atoms with Gasteiger partial charge in [-0.3, -0.25) is 4.79 Å². The summed E-state index contributed by atoms with van der Waals surface area (Å²) in [6.07, 6.45) is 0.245. The first-order chi connectivity index (χ1) is 11.4. The largest absolute Gasteiger partial charge is 0.489 e. The SMILES string of the molecule is CCC(=O)Nc1ccc(COc2ccc(F)c(Cl)c2)cc1C(=O)O. The molecule has 1 amide bonds. The van der Waals surface area contributed by atoms with Crippen LogP contribution in [0, 0.1) is 5.82 Å². The van der Waals surface area contributed by atoms with E-state index in [0.717, 1.165) is 0 Å². The summed E-state index contributed by atoms with van der Waals surface area (Å²) in [5.41, 5.74) is 0.778. The molecule has 0 atom stereocenters. The molecule has 24 heavy (non-hydrogen) atoms. The molecule has 0 saturated carbocycles. The van der Waals surface area contributed by atoms with Crippen molar-refractivity contribution < 1.29 is 23.8 Å². The normalized spacial score (nSPS) is 10.3. The summed E-state index contributed by atoms with van der Waals surface area (Å²) in [5.74, 6) is -1.62. The van der Waals surface area contributed by atoms with E-state index in [1.807, 2.05) is 0 Å². The Labute approximate surface area is 143 Å². The van der Waals surface area contributed by atoms with Gasteiger partial charge in [-0.25, -0.2) is 9.18 Å². The summed E-state index contributed by atoms with van der Waals surface area (Å²) in [6, 6.07) is 8.51. The van der Waals surface area contributed by atoms with Crippen molar-refractivity contribution >= 4 is 29.2 Å². The molecular formula is C17H15ClFNO4. The molecule has 0 heterocycles. The van der Waals surface area contributed by atoms with Crippen LogP contribution in [-0.4, -0.2) is 17.0 Å². The zero-order valence-corrected chi connectivity index (χ0v) is 13.6. The number of anilines is 1. The standard InChI is InChI=1S/C17H15ClFNO4/c1-2-16(21)20-15-6-3-10(7-12(15)17(22)23)9-24-11-4-5-14(19)13(18)8-11/h3-8H,2,9H2,1H3,(H,20,21)(H,22,23). The lowest BCUT2D eigenvalue weighted by Gasteiger charge is -2.11. The highest BCUT2D eigenvalue weighted by Crippen LogP contribution is 2.23. The van der Waals surface area contributed by atoms with Crippen LogP contribution in [0.5, 0.6) is 5.75 Å². The second-order valence-electron chi connectivity index (χ2n) is 4.95. The van der Waals surface area contributed by atoms with Crippen LogP contribution in [0.4, 0.5) is 10.1 Å². The number of rotatable bonds is 6. The Bertz CT molecular complexity index is 779. The molecule has 2 rings (SSSR count). The molecule has 126 valence electrons. The third-order valence-electron chi connectivity index (χ3n) is 3.21. The highest BCUT2D eigenvalue weighted by molar-refractivity contribution is 6.30. The number of carbonyl (C=O) groups excluding carboxylic acids is 1. The summed E-state index contributed by atoms with van der Waals surface area (Å²) in [5, 5.41) is 11.8. The molecule has 2 N–H and O–H groups in total. The van der Waals surface area contributed by atoms with Crippen LogP contribution in [0.25, 0.3) is 0 Å². The fraction of sp³-hybridized carbons (Fsp3) is 0.176. The number of hydrogen-bond donors (Lipinski definition) is 2. The Morgan fingerprint density at radius 1 is 1.25 bits per heavy atom. The molecule has 0 unspecified atom stereocenters. The number of carboxylic acids is 1. The lowest BCUT2D eigenvalue weighted by atomic mass is 10.1. The number of aromatic carboxylic acids is 1. The van der Waals surface area contributed by atoms with Crippen LogP contribution in [0.3, 0.4) is 0 Å². The number of carbonyl (C=O) groups is 2. The van der Waals surface area contributed by atoms with E-state index in [-0.39, 0.29) is 35.2 Å². The van der Waals surface area contributed by atoms with E-state index in [2.05, 4.69) is 5.32 Å². The minimum atomic E-state index is -1.16. The maximum Gasteiger partial charge on any atom is 0.337 e. The maximum absolute atomic E-state index is 13.1. The van der Waals surface area contributed by atoms with E-state index in [9.17, 15) is 19.1 Å². The van der Waals surface area contributed by atoms with Crippen LogP contribution in [0.15, 0.2) is 36.4 Å². The van der Waals surface area contributed by atoms with Gasteiger partial charge in [-0.15, -0.1) is 0 Å². The quantitative estimate of drug-likeness (QED) is 0.821. The van der Waals surface area contributed by atoms with Crippen molar-refractivity contribution in [1.29, 1.82) is 0 Å². The van der Waals surface area contributed by atoms with Crippen molar-refractivity contribution in [2.45, 2.75) is 20.0 Å². The number of benzene rings is 2. The molecular weight excluding hydrogens is 337 g/mol. The maximum atomic E-state index is 13.1. The van der Waals surface area contributed by atoms with Crippen molar-refractivity contribution in [1.82, 2.24) is 0 Å². The zero-order chi connectivity index (χ0) is 17.7. The van der Waals surface area contributed by atoms with Crippen LogP contribution in [0.1, 0.15) is 29.3 Å². The minimum absolute atomic E-state index is 0.0324. The van der Waals surface area contributed by atoms with Crippen LogP contribution < -0.4 is 10.1 Å². The molecule has 0 aromatic heterocycles. The van der Waals surface area contributed by atoms with Gasteiger partial charge in [0.1, 0.15) is 18.2 Å². The summed E-state index contributed by atoms with van der Waals surface area (Å²) in [4.78, 5) is 22.8. The van der Waals surface area contributed by atoms with Crippen LogP contribution in [-0.2, 0) is 11.4 Å². The predicted molar refractivity (Wildman–Crippen MR) is 88.1 cm³/mol. The lowest BCUT2D eigenvalue weighted by molar-refractivity contribution is -0.115. The first-order valence-corrected chi connectivity index (χ1v) is 7.52. The zero-order valence-electron chi connectivity index (χ0n) is 12.8. The van der Waals surface area contributed by atoms with Gasteiger partial charge in [0.05, 0.1) is 16.3 Å². The smallest absolute Gasteiger partial charge is 0.337 e. The topological polar surface area (TPSA) is 75.6 Å². The third kappa shape index (κ3) is 4.45. The van der Waals surface area contributed by atoms with Crippen molar-refractivity contribution in [2.75, 3.05) is 5.32 Å². The third-order valence-corrected chi connectivity index (χ3v) is 3.50. The van der Waals surface area contributed by atoms with E-state index in [4.69, 9.17) is 16.3 Å². The monoisotopic (exact) mass is 351 g/mol. The number of carboxylic acid groups (broad SMARTS) is 1. The molecule has 5 nitrogen and oxygen atoms in total. The van der Waals surface area contributed by atoms with Crippen LogP contribution in [0.2, 0.25) is 5.02 Å². The van der Waals surface area contributed by atoms with Gasteiger partial charge in [-0.1, -0.05) is 24.6 Å². The van der Waals surface area contributed by atoms with Gasteiger partial charge in [0.15, 0.2) is 0 Å². The Morgan fingerprint density at radius 2 is 2.00 bits per heavy atom. The molecule has 2 aromatic rings. The van der Waals surface area contributed by atoms with E-state index in [1.54, 1.807) is 13.0 Å². The summed E-state index contributed by atoms with van der Waals surface area (Å²) in [7, 11) is 0. The van der Waals surface area contributed by atoms with Crippen molar-refractivity contribution in [3.8, 4) is 5.75 Å². The van der Waals surface area contributed by atoms with E-state index >= 15 is 0 Å². The first kappa shape index (κ1) is 17.7. The van der Waals surface area contributed by atoms with E-state index < -0.39 is 11.8 Å². The van der Waals surface area contributed by atoms with Gasteiger partial charge < -0.3 is 15.2 Å². The average molecular weight is 352 g/mol. The van der Waals surface area contributed by atoms with Crippen molar-refractivity contribution in [3.63, 3.8) is 0 Å². The number of ether oxygens (including phenoxy) is 1. The van der Waals surface area contributed by atoms with Crippen molar-refractivity contribution in [2.24, 2.45) is 0 Å². The van der Waals surface area contributed by atoms with E-state index in [1.165, 1.54) is 30.3 Å². The van der Waals surface area contributed by atoms with E-state index in [0.29, 0.717) is 11.3 Å². The molecule has 0 aliphatic heterocycles. The second kappa shape index (κ2) is 7.79. The van der Waals surface area contributed by atoms with Gasteiger partial charge in [-0.05, 0) is 29.8 Å². The molecule has 0 saturated heterocycles. The van der Waals surface area contributed by atoms with Gasteiger partial charge >= 0.3 is 5.97 Å². The fourth-order valence-electron chi connectivity index (χ4n) is 1.94. The van der Waals surface area contributed by atoms with Gasteiger partial charge in [0.2, 0.25) is 5.91 Å². The summed E-state index contributed by atoms with van der Waals surface area (Å²) < 4.78 is 18.6. The molecule has 7 heteroatoms. The Hall–Kier alpha value is -2.60. The highest BCUT2D eigenvalue weighted by Gasteiger charge is 2.13. The first-order valence-electron chi connectivity index (χ1n) is 7.14. The van der Waals surface area contributed by atoms with Gasteiger partial charge in [0.25, 0.3) is 0 Å². The summed E-state index contributed by atoms with van der Waals surface area (Å²) in [6.45, 7) is 1.75. The lowest BCUT2D eigenvalue weighted by Crippen LogP contribution is -2.13. The molecule has 0 bridgehead atoms. The number of halogens is 2. The summed E-state index contributed by atoms with van der Waals surface area (Å²) >= 11 is 5.67. The second-order valence-corrected chi connectivity index (χ2v) is 5.36. The molecule has 0 fully saturated rings. The molecule has 2 aromatic carbocycles. The fourth-order valence-corrected chi connectivity index (χ4v) is 2.11. The molecule has 0 aliphatic carbocycles. The Kier molecular flexibility index (Phi) is 5.76. The Morgan fingerprint density at radius 3 is 2.62 bits per heavy atom. The minimum Gasteiger partial charge on any atom is -0.489 e. The highest BCUT2D eigenvalue weighted by atomic mass is 35.5. The number of nitrogens with one attached hydrogen (secondary N) is 1. The average Bonchev–Trinajstić information content (AvgIpc) is 2.56. The van der Waals surface area contributed by atoms with Gasteiger partial charge in [-0.2, -0.15) is 0 Å².